The zero-order valence-corrected chi connectivity index (χ0v) is 8.60. The smallest absolute Gasteiger partial charge is 0.128 e. The Bertz CT molecular complexity index is 503. The van der Waals surface area contributed by atoms with Crippen LogP contribution in [0.1, 0.15) is 11.1 Å². The zero-order chi connectivity index (χ0) is 10.1. The highest BCUT2D eigenvalue weighted by Gasteiger charge is 2.06. The third-order valence-corrected chi connectivity index (χ3v) is 2.55. The minimum Gasteiger partial charge on any atom is -0.289 e. The quantitative estimate of drug-likeness (QED) is 0.684. The average Bonchev–Trinajstić information content (AvgIpc) is 2.17. The number of rotatable bonds is 1. The standard InChI is InChI=1S/C12H10ClN/c1-8-6-7-9-4-2-3-5-10(9)11(8)12(13)14/h2-7,14H,1H3. The molecule has 0 radical (unpaired) electrons. The number of halogens is 1. The zero-order valence-electron chi connectivity index (χ0n) is 7.84. The summed E-state index contributed by atoms with van der Waals surface area (Å²) in [5.41, 5.74) is 1.88. The van der Waals surface area contributed by atoms with Crippen LogP contribution in [0.15, 0.2) is 36.4 Å². The molecule has 2 aromatic rings. The molecule has 2 aromatic carbocycles. The fraction of sp³-hybridized carbons (Fsp3) is 0.0833. The van der Waals surface area contributed by atoms with Crippen LogP contribution in [-0.4, -0.2) is 5.17 Å². The van der Waals surface area contributed by atoms with Gasteiger partial charge in [0.2, 0.25) is 0 Å². The van der Waals surface area contributed by atoms with Crippen LogP contribution in [0.4, 0.5) is 0 Å². The highest BCUT2D eigenvalue weighted by atomic mass is 35.5. The van der Waals surface area contributed by atoms with E-state index in [1.807, 2.05) is 43.3 Å². The van der Waals surface area contributed by atoms with Crippen molar-refractivity contribution in [3.8, 4) is 0 Å². The molecule has 0 spiro atoms. The molecular weight excluding hydrogens is 194 g/mol. The second-order valence-electron chi connectivity index (χ2n) is 3.29. The first-order valence-electron chi connectivity index (χ1n) is 4.43. The van der Waals surface area contributed by atoms with Crippen molar-refractivity contribution in [1.29, 1.82) is 5.41 Å². The van der Waals surface area contributed by atoms with Gasteiger partial charge >= 0.3 is 0 Å². The van der Waals surface area contributed by atoms with Crippen molar-refractivity contribution in [2.75, 3.05) is 0 Å². The van der Waals surface area contributed by atoms with E-state index in [0.717, 1.165) is 21.9 Å². The summed E-state index contributed by atoms with van der Waals surface area (Å²) in [5.74, 6) is 0. The molecule has 2 rings (SSSR count). The summed E-state index contributed by atoms with van der Waals surface area (Å²) in [6.45, 7) is 1.97. The van der Waals surface area contributed by atoms with E-state index in [4.69, 9.17) is 17.0 Å². The van der Waals surface area contributed by atoms with E-state index in [1.54, 1.807) is 0 Å². The third kappa shape index (κ3) is 1.40. The van der Waals surface area contributed by atoms with E-state index < -0.39 is 0 Å². The van der Waals surface area contributed by atoms with Crippen LogP contribution in [-0.2, 0) is 0 Å². The fourth-order valence-corrected chi connectivity index (χ4v) is 1.92. The van der Waals surface area contributed by atoms with Gasteiger partial charge in [0, 0.05) is 5.56 Å². The second-order valence-corrected chi connectivity index (χ2v) is 3.67. The third-order valence-electron chi connectivity index (χ3n) is 2.36. The van der Waals surface area contributed by atoms with Crippen molar-refractivity contribution >= 4 is 27.5 Å². The lowest BCUT2D eigenvalue weighted by Crippen LogP contribution is -1.94. The number of hydrogen-bond donors (Lipinski definition) is 1. The highest BCUT2D eigenvalue weighted by molar-refractivity contribution is 6.69. The molecule has 0 amide bonds. The molecule has 0 fully saturated rings. The number of benzene rings is 2. The molecule has 0 aliphatic carbocycles. The Morgan fingerprint density at radius 3 is 2.57 bits per heavy atom. The van der Waals surface area contributed by atoms with E-state index in [1.165, 1.54) is 0 Å². The molecule has 70 valence electrons. The molecule has 0 heterocycles. The molecule has 0 atom stereocenters. The molecule has 2 heteroatoms. The van der Waals surface area contributed by atoms with Crippen LogP contribution in [0.3, 0.4) is 0 Å². The van der Waals surface area contributed by atoms with Gasteiger partial charge in [-0.1, -0.05) is 48.0 Å². The minimum atomic E-state index is 0.110. The lowest BCUT2D eigenvalue weighted by molar-refractivity contribution is 1.45. The lowest BCUT2D eigenvalue weighted by Gasteiger charge is -2.06. The molecule has 0 saturated carbocycles. The van der Waals surface area contributed by atoms with Crippen molar-refractivity contribution in [3.63, 3.8) is 0 Å². The summed E-state index contributed by atoms with van der Waals surface area (Å²) in [5, 5.41) is 9.81. The van der Waals surface area contributed by atoms with Crippen molar-refractivity contribution < 1.29 is 0 Å². The van der Waals surface area contributed by atoms with Crippen molar-refractivity contribution in [2.24, 2.45) is 0 Å². The normalized spacial score (nSPS) is 10.4. The Labute approximate surface area is 87.8 Å². The summed E-state index contributed by atoms with van der Waals surface area (Å²) in [6, 6.07) is 12.0. The van der Waals surface area contributed by atoms with E-state index in [2.05, 4.69) is 0 Å². The maximum Gasteiger partial charge on any atom is 0.128 e. The van der Waals surface area contributed by atoms with Crippen LogP contribution >= 0.6 is 11.6 Å². The maximum atomic E-state index is 7.52. The Morgan fingerprint density at radius 2 is 1.86 bits per heavy atom. The topological polar surface area (TPSA) is 23.9 Å². The van der Waals surface area contributed by atoms with Gasteiger partial charge in [0.1, 0.15) is 5.17 Å². The average molecular weight is 204 g/mol. The van der Waals surface area contributed by atoms with E-state index in [9.17, 15) is 0 Å². The summed E-state index contributed by atoms with van der Waals surface area (Å²) in [6.07, 6.45) is 0. The van der Waals surface area contributed by atoms with Gasteiger partial charge in [-0.2, -0.15) is 0 Å². The van der Waals surface area contributed by atoms with Gasteiger partial charge in [0.15, 0.2) is 0 Å². The van der Waals surface area contributed by atoms with E-state index >= 15 is 0 Å². The monoisotopic (exact) mass is 203 g/mol. The lowest BCUT2D eigenvalue weighted by atomic mass is 10.0. The van der Waals surface area contributed by atoms with Crippen molar-refractivity contribution in [3.05, 3.63) is 47.5 Å². The first-order chi connectivity index (χ1) is 6.70. The van der Waals surface area contributed by atoms with Gasteiger partial charge in [0.05, 0.1) is 0 Å². The Balaban J connectivity index is 2.90. The molecule has 1 nitrogen and oxygen atoms in total. The van der Waals surface area contributed by atoms with Gasteiger partial charge in [-0.15, -0.1) is 0 Å². The maximum absolute atomic E-state index is 7.52. The molecule has 0 aliphatic heterocycles. The van der Waals surface area contributed by atoms with Gasteiger partial charge in [-0.3, -0.25) is 5.41 Å². The first-order valence-corrected chi connectivity index (χ1v) is 4.80. The molecule has 0 bridgehead atoms. The fourth-order valence-electron chi connectivity index (χ4n) is 1.67. The molecule has 0 unspecified atom stereocenters. The minimum absolute atomic E-state index is 0.110. The molecule has 14 heavy (non-hydrogen) atoms. The SMILES string of the molecule is Cc1ccc2ccccc2c1C(=N)Cl. The summed E-state index contributed by atoms with van der Waals surface area (Å²) >= 11 is 5.77. The largest absolute Gasteiger partial charge is 0.289 e. The molecule has 0 aromatic heterocycles. The number of aryl methyl sites for hydroxylation is 1. The second kappa shape index (κ2) is 3.43. The van der Waals surface area contributed by atoms with Gasteiger partial charge in [-0.05, 0) is 23.3 Å². The van der Waals surface area contributed by atoms with Crippen LogP contribution in [0.2, 0.25) is 0 Å². The predicted molar refractivity (Wildman–Crippen MR) is 61.4 cm³/mol. The van der Waals surface area contributed by atoms with Gasteiger partial charge in [0.25, 0.3) is 0 Å². The van der Waals surface area contributed by atoms with Gasteiger partial charge < -0.3 is 0 Å². The van der Waals surface area contributed by atoms with Gasteiger partial charge in [-0.25, -0.2) is 0 Å². The molecular formula is C12H10ClN. The van der Waals surface area contributed by atoms with Crippen molar-refractivity contribution in [2.45, 2.75) is 6.92 Å². The van der Waals surface area contributed by atoms with Crippen molar-refractivity contribution in [1.82, 2.24) is 0 Å². The van der Waals surface area contributed by atoms with E-state index in [-0.39, 0.29) is 5.17 Å². The van der Waals surface area contributed by atoms with Crippen LogP contribution in [0.25, 0.3) is 10.8 Å². The summed E-state index contributed by atoms with van der Waals surface area (Å²) < 4.78 is 0. The number of fused-ring (bicyclic) bond motifs is 1. The Kier molecular flexibility index (Phi) is 2.26. The van der Waals surface area contributed by atoms with E-state index in [0.29, 0.717) is 0 Å². The summed E-state index contributed by atoms with van der Waals surface area (Å²) in [4.78, 5) is 0. The molecule has 1 N–H and O–H groups in total. The van der Waals surface area contributed by atoms with Crippen LogP contribution in [0, 0.1) is 12.3 Å². The van der Waals surface area contributed by atoms with Crippen LogP contribution < -0.4 is 0 Å². The molecule has 0 saturated heterocycles. The first kappa shape index (κ1) is 9.22. The predicted octanol–water partition coefficient (Wildman–Crippen LogP) is 3.71. The number of hydrogen-bond acceptors (Lipinski definition) is 1. The number of nitrogens with one attached hydrogen (secondary N) is 1. The summed E-state index contributed by atoms with van der Waals surface area (Å²) in [7, 11) is 0. The highest BCUT2D eigenvalue weighted by Crippen LogP contribution is 2.23. The molecule has 0 aliphatic rings. The Morgan fingerprint density at radius 1 is 1.14 bits per heavy atom. The van der Waals surface area contributed by atoms with Crippen LogP contribution in [0.5, 0.6) is 0 Å². The Hall–Kier alpha value is -1.34.